The lowest BCUT2D eigenvalue weighted by atomic mass is 10.2. The van der Waals surface area contributed by atoms with Gasteiger partial charge < -0.3 is 14.7 Å². The molecule has 1 amide bonds. The Morgan fingerprint density at radius 2 is 2.00 bits per heavy atom. The third kappa shape index (κ3) is 3.15. The summed E-state index contributed by atoms with van der Waals surface area (Å²) in [6, 6.07) is -0.613. The smallest absolute Gasteiger partial charge is 0.356 e. The van der Waals surface area contributed by atoms with E-state index in [1.807, 2.05) is 0 Å². The zero-order valence-electron chi connectivity index (χ0n) is 11.5. The van der Waals surface area contributed by atoms with Crippen LogP contribution in [0.4, 0.5) is 0 Å². The molecule has 1 N–H and O–H groups in total. The number of carbonyl (C=O) groups is 3. The van der Waals surface area contributed by atoms with Gasteiger partial charge in [0, 0.05) is 6.54 Å². The minimum Gasteiger partial charge on any atom is -0.476 e. The van der Waals surface area contributed by atoms with Gasteiger partial charge in [0.15, 0.2) is 5.69 Å². The fourth-order valence-electron chi connectivity index (χ4n) is 2.19. The number of carbonyl (C=O) groups excluding carboxylic acids is 2. The summed E-state index contributed by atoms with van der Waals surface area (Å²) < 4.78 is 4.95. The summed E-state index contributed by atoms with van der Waals surface area (Å²) in [5.41, 5.74) is -0.230. The van der Waals surface area contributed by atoms with Crippen LogP contribution < -0.4 is 0 Å². The molecule has 0 unspecified atom stereocenters. The van der Waals surface area contributed by atoms with Crippen molar-refractivity contribution in [3.63, 3.8) is 0 Å². The van der Waals surface area contributed by atoms with E-state index >= 15 is 0 Å². The maximum Gasteiger partial charge on any atom is 0.356 e. The summed E-state index contributed by atoms with van der Waals surface area (Å²) >= 11 is 0. The number of hydrogen-bond donors (Lipinski definition) is 1. The lowest BCUT2D eigenvalue weighted by molar-refractivity contribution is -0.147. The van der Waals surface area contributed by atoms with E-state index in [4.69, 9.17) is 9.84 Å². The van der Waals surface area contributed by atoms with Crippen molar-refractivity contribution >= 4 is 17.8 Å². The van der Waals surface area contributed by atoms with Crippen LogP contribution in [0.15, 0.2) is 12.4 Å². The van der Waals surface area contributed by atoms with Gasteiger partial charge in [0.25, 0.3) is 5.91 Å². The van der Waals surface area contributed by atoms with Gasteiger partial charge in [-0.25, -0.2) is 19.6 Å². The Balaban J connectivity index is 2.14. The summed E-state index contributed by atoms with van der Waals surface area (Å²) in [6.07, 6.45) is 3.37. The molecular formula is C13H15N3O5. The number of carboxylic acid groups (broad SMARTS) is 1. The van der Waals surface area contributed by atoms with Crippen LogP contribution in [-0.4, -0.2) is 57.0 Å². The number of carboxylic acids is 1. The molecule has 0 bridgehead atoms. The average molecular weight is 293 g/mol. The molecular weight excluding hydrogens is 278 g/mol. The molecule has 1 aromatic heterocycles. The van der Waals surface area contributed by atoms with E-state index in [1.54, 1.807) is 6.92 Å². The largest absolute Gasteiger partial charge is 0.476 e. The molecule has 0 radical (unpaired) electrons. The first-order chi connectivity index (χ1) is 10.0. The highest BCUT2D eigenvalue weighted by Crippen LogP contribution is 2.20. The van der Waals surface area contributed by atoms with Crippen molar-refractivity contribution in [1.29, 1.82) is 0 Å². The lowest BCUT2D eigenvalue weighted by Gasteiger charge is -2.22. The van der Waals surface area contributed by atoms with Crippen molar-refractivity contribution in [2.75, 3.05) is 13.2 Å². The molecule has 0 spiro atoms. The van der Waals surface area contributed by atoms with Gasteiger partial charge in [-0.2, -0.15) is 0 Å². The topological polar surface area (TPSA) is 110 Å². The quantitative estimate of drug-likeness (QED) is 0.797. The molecule has 0 aliphatic carbocycles. The number of likely N-dealkylation sites (tertiary alicyclic amines) is 1. The van der Waals surface area contributed by atoms with Gasteiger partial charge in [0.2, 0.25) is 0 Å². The molecule has 0 saturated carbocycles. The summed E-state index contributed by atoms with van der Waals surface area (Å²) in [6.45, 7) is 2.39. The SMILES string of the molecule is CCOC(=O)[C@H]1CCCN1C(=O)c1cnc(C(=O)O)cn1. The molecule has 1 atom stereocenters. The second-order valence-electron chi connectivity index (χ2n) is 4.50. The van der Waals surface area contributed by atoms with Crippen LogP contribution in [0.2, 0.25) is 0 Å². The number of nitrogens with zero attached hydrogens (tertiary/aromatic N) is 3. The second kappa shape index (κ2) is 6.29. The van der Waals surface area contributed by atoms with Crippen molar-refractivity contribution in [1.82, 2.24) is 14.9 Å². The number of aromatic carboxylic acids is 1. The molecule has 2 heterocycles. The van der Waals surface area contributed by atoms with Crippen LogP contribution in [0.3, 0.4) is 0 Å². The van der Waals surface area contributed by atoms with Crippen LogP contribution in [0.25, 0.3) is 0 Å². The summed E-state index contributed by atoms with van der Waals surface area (Å²) in [4.78, 5) is 43.7. The highest BCUT2D eigenvalue weighted by molar-refractivity contribution is 5.95. The Kier molecular flexibility index (Phi) is 4.46. The number of rotatable bonds is 4. The number of aromatic nitrogens is 2. The Morgan fingerprint density at radius 1 is 1.33 bits per heavy atom. The zero-order valence-corrected chi connectivity index (χ0v) is 11.5. The van der Waals surface area contributed by atoms with Gasteiger partial charge in [-0.3, -0.25) is 4.79 Å². The predicted octanol–water partition coefficient (Wildman–Crippen LogP) is 0.342. The average Bonchev–Trinajstić information content (AvgIpc) is 2.96. The first-order valence-electron chi connectivity index (χ1n) is 6.57. The van der Waals surface area contributed by atoms with Crippen molar-refractivity contribution in [2.45, 2.75) is 25.8 Å². The first kappa shape index (κ1) is 14.9. The summed E-state index contributed by atoms with van der Waals surface area (Å²) in [7, 11) is 0. The fraction of sp³-hybridized carbons (Fsp3) is 0.462. The van der Waals surface area contributed by atoms with Gasteiger partial charge in [-0.1, -0.05) is 0 Å². The molecule has 1 aliphatic rings. The van der Waals surface area contributed by atoms with Crippen LogP contribution in [0.1, 0.15) is 40.7 Å². The maximum atomic E-state index is 12.3. The number of esters is 1. The second-order valence-corrected chi connectivity index (χ2v) is 4.50. The van der Waals surface area contributed by atoms with E-state index in [9.17, 15) is 14.4 Å². The van der Waals surface area contributed by atoms with E-state index in [0.717, 1.165) is 12.4 Å². The Hall–Kier alpha value is -2.51. The number of ether oxygens (including phenoxy) is 1. The molecule has 1 saturated heterocycles. The van der Waals surface area contributed by atoms with Gasteiger partial charge in [0.05, 0.1) is 19.0 Å². The van der Waals surface area contributed by atoms with Gasteiger partial charge in [0.1, 0.15) is 11.7 Å². The summed E-state index contributed by atoms with van der Waals surface area (Å²) in [5.74, 6) is -2.10. The maximum absolute atomic E-state index is 12.3. The van der Waals surface area contributed by atoms with E-state index < -0.39 is 23.9 Å². The van der Waals surface area contributed by atoms with Crippen molar-refractivity contribution in [3.05, 3.63) is 23.8 Å². The third-order valence-corrected chi connectivity index (χ3v) is 3.16. The molecule has 1 aromatic rings. The van der Waals surface area contributed by atoms with Gasteiger partial charge >= 0.3 is 11.9 Å². The molecule has 2 rings (SSSR count). The van der Waals surface area contributed by atoms with Crippen molar-refractivity contribution in [2.24, 2.45) is 0 Å². The molecule has 1 aliphatic heterocycles. The van der Waals surface area contributed by atoms with Crippen molar-refractivity contribution < 1.29 is 24.2 Å². The third-order valence-electron chi connectivity index (χ3n) is 3.16. The zero-order chi connectivity index (χ0) is 15.4. The Morgan fingerprint density at radius 3 is 2.57 bits per heavy atom. The summed E-state index contributed by atoms with van der Waals surface area (Å²) in [5, 5.41) is 8.74. The normalized spacial score (nSPS) is 17.6. The molecule has 8 heteroatoms. The van der Waals surface area contributed by atoms with E-state index in [2.05, 4.69) is 9.97 Å². The highest BCUT2D eigenvalue weighted by atomic mass is 16.5. The molecule has 0 aromatic carbocycles. The highest BCUT2D eigenvalue weighted by Gasteiger charge is 2.36. The first-order valence-corrected chi connectivity index (χ1v) is 6.57. The van der Waals surface area contributed by atoms with E-state index in [1.165, 1.54) is 4.90 Å². The minimum absolute atomic E-state index is 0.0104. The molecule has 8 nitrogen and oxygen atoms in total. The molecule has 1 fully saturated rings. The van der Waals surface area contributed by atoms with Gasteiger partial charge in [-0.15, -0.1) is 0 Å². The predicted molar refractivity (Wildman–Crippen MR) is 69.7 cm³/mol. The van der Waals surface area contributed by atoms with E-state index in [-0.39, 0.29) is 18.0 Å². The Labute approximate surface area is 120 Å². The standard InChI is InChI=1S/C13H15N3O5/c1-2-21-13(20)10-4-3-5-16(10)11(17)8-6-15-9(7-14-8)12(18)19/h6-7,10H,2-5H2,1H3,(H,18,19)/t10-/m1/s1. The molecule has 21 heavy (non-hydrogen) atoms. The van der Waals surface area contributed by atoms with Crippen LogP contribution >= 0.6 is 0 Å². The monoisotopic (exact) mass is 293 g/mol. The fourth-order valence-corrected chi connectivity index (χ4v) is 2.19. The number of hydrogen-bond acceptors (Lipinski definition) is 6. The van der Waals surface area contributed by atoms with Crippen LogP contribution in [0, 0.1) is 0 Å². The lowest BCUT2D eigenvalue weighted by Crippen LogP contribution is -2.41. The van der Waals surface area contributed by atoms with E-state index in [0.29, 0.717) is 19.4 Å². The van der Waals surface area contributed by atoms with Crippen molar-refractivity contribution in [3.8, 4) is 0 Å². The van der Waals surface area contributed by atoms with Crippen LogP contribution in [-0.2, 0) is 9.53 Å². The molecule has 112 valence electrons. The number of amides is 1. The Bertz CT molecular complexity index is 557. The van der Waals surface area contributed by atoms with Crippen LogP contribution in [0.5, 0.6) is 0 Å². The van der Waals surface area contributed by atoms with Gasteiger partial charge in [-0.05, 0) is 19.8 Å². The minimum atomic E-state index is -1.22.